The maximum Gasteiger partial charge on any atom is 0.145 e. The van der Waals surface area contributed by atoms with E-state index in [9.17, 15) is 4.39 Å². The fraction of sp³-hybridized carbons (Fsp3) is 0.167. The first-order valence-corrected chi connectivity index (χ1v) is 5.60. The van der Waals surface area contributed by atoms with Gasteiger partial charge in [-0.2, -0.15) is 0 Å². The van der Waals surface area contributed by atoms with E-state index in [4.69, 9.17) is 11.6 Å². The summed E-state index contributed by atoms with van der Waals surface area (Å²) in [5.41, 5.74) is 0.874. The van der Waals surface area contributed by atoms with E-state index in [1.54, 1.807) is 18.3 Å². The van der Waals surface area contributed by atoms with Crippen molar-refractivity contribution in [2.75, 3.05) is 11.9 Å². The summed E-state index contributed by atoms with van der Waals surface area (Å²) in [7, 11) is 0. The molecule has 0 amide bonds. The van der Waals surface area contributed by atoms with Gasteiger partial charge in [-0.05, 0) is 25.1 Å². The third-order valence-corrected chi connectivity index (χ3v) is 2.43. The minimum absolute atomic E-state index is 0.363. The van der Waals surface area contributed by atoms with Crippen LogP contribution in [0.3, 0.4) is 0 Å². The topological polar surface area (TPSA) is 37.8 Å². The fourth-order valence-electron chi connectivity index (χ4n) is 1.46. The Labute approximate surface area is 104 Å². The van der Waals surface area contributed by atoms with E-state index in [0.717, 1.165) is 6.54 Å². The molecule has 0 aliphatic carbocycles. The summed E-state index contributed by atoms with van der Waals surface area (Å²) in [5.74, 6) is 0.222. The van der Waals surface area contributed by atoms with Crippen LogP contribution in [0.1, 0.15) is 6.92 Å². The molecule has 0 aliphatic heterocycles. The van der Waals surface area contributed by atoms with Gasteiger partial charge < -0.3 is 5.32 Å². The van der Waals surface area contributed by atoms with Crippen LogP contribution in [0.25, 0.3) is 11.3 Å². The van der Waals surface area contributed by atoms with Crippen molar-refractivity contribution in [3.8, 4) is 11.3 Å². The van der Waals surface area contributed by atoms with Crippen LogP contribution < -0.4 is 5.32 Å². The summed E-state index contributed by atoms with van der Waals surface area (Å²) in [6, 6.07) is 4.48. The van der Waals surface area contributed by atoms with Crippen molar-refractivity contribution >= 4 is 17.4 Å². The fourth-order valence-corrected chi connectivity index (χ4v) is 1.62. The van der Waals surface area contributed by atoms with Crippen molar-refractivity contribution in [1.82, 2.24) is 9.97 Å². The number of aromatic nitrogens is 2. The Bertz CT molecular complexity index is 531. The molecule has 0 spiro atoms. The zero-order valence-corrected chi connectivity index (χ0v) is 10.0. The van der Waals surface area contributed by atoms with Crippen LogP contribution in [0.15, 0.2) is 30.6 Å². The molecule has 2 aromatic rings. The number of anilines is 1. The first kappa shape index (κ1) is 11.8. The summed E-state index contributed by atoms with van der Waals surface area (Å²) < 4.78 is 13.7. The van der Waals surface area contributed by atoms with Crippen molar-refractivity contribution < 1.29 is 4.39 Å². The first-order chi connectivity index (χ1) is 8.20. The van der Waals surface area contributed by atoms with E-state index >= 15 is 0 Å². The molecular weight excluding hydrogens is 241 g/mol. The summed E-state index contributed by atoms with van der Waals surface area (Å²) in [4.78, 5) is 8.29. The molecule has 0 unspecified atom stereocenters. The van der Waals surface area contributed by atoms with Gasteiger partial charge in [0.05, 0.1) is 18.1 Å². The maximum atomic E-state index is 13.7. The SMILES string of the molecule is CCNc1cncc(-c2ccc(Cl)cc2F)n1. The molecule has 88 valence electrons. The zero-order chi connectivity index (χ0) is 12.3. The summed E-state index contributed by atoms with van der Waals surface area (Å²) in [6.07, 6.45) is 3.12. The third-order valence-electron chi connectivity index (χ3n) is 2.20. The van der Waals surface area contributed by atoms with Gasteiger partial charge in [0, 0.05) is 17.1 Å². The van der Waals surface area contributed by atoms with Gasteiger partial charge in [0.15, 0.2) is 0 Å². The molecule has 1 aromatic carbocycles. The molecule has 17 heavy (non-hydrogen) atoms. The van der Waals surface area contributed by atoms with Crippen LogP contribution in [-0.2, 0) is 0 Å². The number of hydrogen-bond acceptors (Lipinski definition) is 3. The number of halogens is 2. The molecule has 1 heterocycles. The minimum Gasteiger partial charge on any atom is -0.369 e. The van der Waals surface area contributed by atoms with E-state index < -0.39 is 5.82 Å². The van der Waals surface area contributed by atoms with Crippen LogP contribution >= 0.6 is 11.6 Å². The lowest BCUT2D eigenvalue weighted by molar-refractivity contribution is 0.630. The number of hydrogen-bond donors (Lipinski definition) is 1. The highest BCUT2D eigenvalue weighted by atomic mass is 35.5. The van der Waals surface area contributed by atoms with E-state index in [-0.39, 0.29) is 0 Å². The molecular formula is C12H11ClFN3. The second kappa shape index (κ2) is 5.10. The molecule has 1 aromatic heterocycles. The van der Waals surface area contributed by atoms with Crippen LogP contribution in [0.4, 0.5) is 10.2 Å². The highest BCUT2D eigenvalue weighted by molar-refractivity contribution is 6.30. The van der Waals surface area contributed by atoms with E-state index in [0.29, 0.717) is 22.1 Å². The van der Waals surface area contributed by atoms with Crippen molar-refractivity contribution in [2.24, 2.45) is 0 Å². The predicted octanol–water partition coefficient (Wildman–Crippen LogP) is 3.37. The summed E-state index contributed by atoms with van der Waals surface area (Å²) >= 11 is 5.70. The Kier molecular flexibility index (Phi) is 3.54. The molecule has 0 radical (unpaired) electrons. The van der Waals surface area contributed by atoms with Gasteiger partial charge in [-0.3, -0.25) is 4.98 Å². The smallest absolute Gasteiger partial charge is 0.145 e. The van der Waals surface area contributed by atoms with Gasteiger partial charge in [-0.15, -0.1) is 0 Å². The van der Waals surface area contributed by atoms with Gasteiger partial charge in [-0.25, -0.2) is 9.37 Å². The van der Waals surface area contributed by atoms with E-state index in [1.807, 2.05) is 6.92 Å². The van der Waals surface area contributed by atoms with Gasteiger partial charge in [-0.1, -0.05) is 11.6 Å². The van der Waals surface area contributed by atoms with Crippen molar-refractivity contribution in [2.45, 2.75) is 6.92 Å². The predicted molar refractivity (Wildman–Crippen MR) is 66.6 cm³/mol. The number of benzene rings is 1. The molecule has 0 bridgehead atoms. The second-order valence-corrected chi connectivity index (χ2v) is 3.88. The lowest BCUT2D eigenvalue weighted by atomic mass is 10.1. The average molecular weight is 252 g/mol. The molecule has 5 heteroatoms. The lowest BCUT2D eigenvalue weighted by Gasteiger charge is -2.06. The molecule has 3 nitrogen and oxygen atoms in total. The van der Waals surface area contributed by atoms with E-state index in [2.05, 4.69) is 15.3 Å². The van der Waals surface area contributed by atoms with Crippen LogP contribution in [0.5, 0.6) is 0 Å². The van der Waals surface area contributed by atoms with Crippen LogP contribution in [0, 0.1) is 5.82 Å². The molecule has 0 atom stereocenters. The highest BCUT2D eigenvalue weighted by Gasteiger charge is 2.08. The highest BCUT2D eigenvalue weighted by Crippen LogP contribution is 2.23. The van der Waals surface area contributed by atoms with Crippen LogP contribution in [0.2, 0.25) is 5.02 Å². The Morgan fingerprint density at radius 1 is 1.35 bits per heavy atom. The van der Waals surface area contributed by atoms with E-state index in [1.165, 1.54) is 12.3 Å². The second-order valence-electron chi connectivity index (χ2n) is 3.44. The molecule has 0 saturated heterocycles. The molecule has 0 saturated carbocycles. The van der Waals surface area contributed by atoms with Crippen molar-refractivity contribution in [3.05, 3.63) is 41.4 Å². The quantitative estimate of drug-likeness (QED) is 0.909. The van der Waals surface area contributed by atoms with Crippen molar-refractivity contribution in [1.29, 1.82) is 0 Å². The molecule has 1 N–H and O–H groups in total. The number of rotatable bonds is 3. The van der Waals surface area contributed by atoms with Gasteiger partial charge in [0.1, 0.15) is 11.6 Å². The minimum atomic E-state index is -0.402. The summed E-state index contributed by atoms with van der Waals surface area (Å²) in [6.45, 7) is 2.69. The normalized spacial score (nSPS) is 10.3. The Balaban J connectivity index is 2.42. The Hall–Kier alpha value is -1.68. The Morgan fingerprint density at radius 3 is 2.88 bits per heavy atom. The molecule has 2 rings (SSSR count). The first-order valence-electron chi connectivity index (χ1n) is 5.22. The molecule has 0 aliphatic rings. The maximum absolute atomic E-state index is 13.7. The summed E-state index contributed by atoms with van der Waals surface area (Å²) in [5, 5.41) is 3.39. The van der Waals surface area contributed by atoms with Gasteiger partial charge in [0.2, 0.25) is 0 Å². The number of nitrogens with one attached hydrogen (secondary N) is 1. The average Bonchev–Trinajstić information content (AvgIpc) is 2.29. The monoisotopic (exact) mass is 251 g/mol. The Morgan fingerprint density at radius 2 is 2.18 bits per heavy atom. The standard InChI is InChI=1S/C12H11ClFN3/c1-2-16-12-7-15-6-11(17-12)9-4-3-8(13)5-10(9)14/h3-7H,2H2,1H3,(H,16,17). The van der Waals surface area contributed by atoms with Gasteiger partial charge in [0.25, 0.3) is 0 Å². The van der Waals surface area contributed by atoms with Crippen molar-refractivity contribution in [3.63, 3.8) is 0 Å². The molecule has 0 fully saturated rings. The third kappa shape index (κ3) is 2.71. The largest absolute Gasteiger partial charge is 0.369 e. The lowest BCUT2D eigenvalue weighted by Crippen LogP contribution is -2.01. The van der Waals surface area contributed by atoms with Gasteiger partial charge >= 0.3 is 0 Å². The zero-order valence-electron chi connectivity index (χ0n) is 9.24. The van der Waals surface area contributed by atoms with Crippen LogP contribution in [-0.4, -0.2) is 16.5 Å². The number of nitrogens with zero attached hydrogens (tertiary/aromatic N) is 2.